The minimum absolute atomic E-state index is 0.190. The summed E-state index contributed by atoms with van der Waals surface area (Å²) in [7, 11) is 0. The molecule has 1 rings (SSSR count). The summed E-state index contributed by atoms with van der Waals surface area (Å²) in [6.07, 6.45) is 43.5. The van der Waals surface area contributed by atoms with Crippen LogP contribution in [0, 0.1) is 0 Å². The molecule has 7 atom stereocenters. The molecule has 0 radical (unpaired) electrons. The monoisotopic (exact) mass is 836 g/mol. The zero-order chi connectivity index (χ0) is 43.0. The van der Waals surface area contributed by atoms with Crippen molar-refractivity contribution < 1.29 is 39.8 Å². The standard InChI is InChI=1S/C50H93NO8/c1-3-5-7-9-11-13-15-17-18-19-20-21-22-23-24-25-26-27-28-30-32-34-36-38-40-46(54)51-43(42-58-50-49(57)48(56)47(55)45(41-52)59-50)44(53)39-37-35-33-31-29-16-14-12-10-8-6-4-2/h10,12,29,31,37,39,43-45,47-50,52-53,55-57H,3-9,11,13-28,30,32-36,38,40-42H2,1-2H3,(H,51,54)/b12-10+,31-29+,39-37+. The van der Waals surface area contributed by atoms with E-state index in [4.69, 9.17) is 9.47 Å². The van der Waals surface area contributed by atoms with E-state index in [1.807, 2.05) is 6.08 Å². The first-order valence-corrected chi connectivity index (χ1v) is 24.7. The van der Waals surface area contributed by atoms with Gasteiger partial charge in [-0.1, -0.05) is 211 Å². The maximum atomic E-state index is 13.0. The molecule has 1 amide bonds. The Morgan fingerprint density at radius 1 is 0.559 bits per heavy atom. The predicted molar refractivity (Wildman–Crippen MR) is 244 cm³/mol. The lowest BCUT2D eigenvalue weighted by atomic mass is 9.99. The van der Waals surface area contributed by atoms with Crippen molar-refractivity contribution in [1.29, 1.82) is 0 Å². The molecule has 0 aromatic heterocycles. The highest BCUT2D eigenvalue weighted by Gasteiger charge is 2.44. The zero-order valence-electron chi connectivity index (χ0n) is 38.0. The van der Waals surface area contributed by atoms with E-state index in [1.54, 1.807) is 6.08 Å². The van der Waals surface area contributed by atoms with Gasteiger partial charge in [0.25, 0.3) is 0 Å². The number of rotatable bonds is 41. The third kappa shape index (κ3) is 31.0. The average Bonchev–Trinajstić information content (AvgIpc) is 3.23. The van der Waals surface area contributed by atoms with Gasteiger partial charge in [0.1, 0.15) is 24.4 Å². The molecule has 1 fully saturated rings. The van der Waals surface area contributed by atoms with Crippen LogP contribution < -0.4 is 5.32 Å². The molecule has 0 aromatic carbocycles. The summed E-state index contributed by atoms with van der Waals surface area (Å²) in [6.45, 7) is 3.71. The minimum Gasteiger partial charge on any atom is -0.394 e. The molecule has 9 nitrogen and oxygen atoms in total. The van der Waals surface area contributed by atoms with E-state index in [0.29, 0.717) is 6.42 Å². The fraction of sp³-hybridized carbons (Fsp3) is 0.860. The van der Waals surface area contributed by atoms with Crippen molar-refractivity contribution in [2.75, 3.05) is 13.2 Å². The maximum absolute atomic E-state index is 13.0. The summed E-state index contributed by atoms with van der Waals surface area (Å²) >= 11 is 0. The second-order valence-corrected chi connectivity index (χ2v) is 17.2. The molecule has 0 aliphatic carbocycles. The highest BCUT2D eigenvalue weighted by atomic mass is 16.7. The van der Waals surface area contributed by atoms with Gasteiger partial charge >= 0.3 is 0 Å². The number of nitrogens with one attached hydrogen (secondary N) is 1. The van der Waals surface area contributed by atoms with Crippen molar-refractivity contribution in [3.05, 3.63) is 36.5 Å². The van der Waals surface area contributed by atoms with Gasteiger partial charge < -0.3 is 40.3 Å². The van der Waals surface area contributed by atoms with E-state index < -0.39 is 49.5 Å². The van der Waals surface area contributed by atoms with Gasteiger partial charge in [0.15, 0.2) is 6.29 Å². The van der Waals surface area contributed by atoms with Crippen molar-refractivity contribution in [3.8, 4) is 0 Å². The molecular formula is C50H93NO8. The van der Waals surface area contributed by atoms with Gasteiger partial charge in [0, 0.05) is 6.42 Å². The van der Waals surface area contributed by atoms with Crippen LogP contribution in [0.15, 0.2) is 36.5 Å². The number of carbonyl (C=O) groups is 1. The molecular weight excluding hydrogens is 743 g/mol. The maximum Gasteiger partial charge on any atom is 0.220 e. The van der Waals surface area contributed by atoms with E-state index in [9.17, 15) is 30.3 Å². The number of aliphatic hydroxyl groups excluding tert-OH is 5. The molecule has 346 valence electrons. The van der Waals surface area contributed by atoms with Gasteiger partial charge in [-0.2, -0.15) is 0 Å². The van der Waals surface area contributed by atoms with Crippen molar-refractivity contribution in [1.82, 2.24) is 5.32 Å². The average molecular weight is 836 g/mol. The van der Waals surface area contributed by atoms with Crippen LogP contribution in [0.25, 0.3) is 0 Å². The number of carbonyl (C=O) groups excluding carboxylic acids is 1. The number of ether oxygens (including phenoxy) is 2. The lowest BCUT2D eigenvalue weighted by Crippen LogP contribution is -2.60. The van der Waals surface area contributed by atoms with Crippen LogP contribution in [0.3, 0.4) is 0 Å². The highest BCUT2D eigenvalue weighted by Crippen LogP contribution is 2.23. The molecule has 0 saturated carbocycles. The van der Waals surface area contributed by atoms with Crippen LogP contribution >= 0.6 is 0 Å². The molecule has 1 aliphatic rings. The summed E-state index contributed by atoms with van der Waals surface area (Å²) < 4.78 is 11.2. The second-order valence-electron chi connectivity index (χ2n) is 17.2. The first kappa shape index (κ1) is 55.4. The van der Waals surface area contributed by atoms with Gasteiger partial charge in [-0.25, -0.2) is 0 Å². The van der Waals surface area contributed by atoms with Crippen LogP contribution in [0.2, 0.25) is 0 Å². The lowest BCUT2D eigenvalue weighted by molar-refractivity contribution is -0.302. The van der Waals surface area contributed by atoms with E-state index in [0.717, 1.165) is 51.4 Å². The van der Waals surface area contributed by atoms with Gasteiger partial charge in [-0.15, -0.1) is 0 Å². The zero-order valence-corrected chi connectivity index (χ0v) is 38.0. The van der Waals surface area contributed by atoms with Crippen molar-refractivity contribution in [2.24, 2.45) is 0 Å². The van der Waals surface area contributed by atoms with Gasteiger partial charge in [0.05, 0.1) is 25.4 Å². The van der Waals surface area contributed by atoms with Crippen LogP contribution in [0.5, 0.6) is 0 Å². The summed E-state index contributed by atoms with van der Waals surface area (Å²) in [5.74, 6) is -0.190. The molecule has 59 heavy (non-hydrogen) atoms. The van der Waals surface area contributed by atoms with Crippen LogP contribution in [0.4, 0.5) is 0 Å². The Kier molecular flexibility index (Phi) is 38.0. The Hall–Kier alpha value is -1.59. The Labute approximate surface area is 361 Å². The van der Waals surface area contributed by atoms with Gasteiger partial charge in [-0.3, -0.25) is 4.79 Å². The number of allylic oxidation sites excluding steroid dienone is 5. The number of hydrogen-bond donors (Lipinski definition) is 6. The third-order valence-corrected chi connectivity index (χ3v) is 11.7. The summed E-state index contributed by atoms with van der Waals surface area (Å²) in [5.41, 5.74) is 0. The fourth-order valence-corrected chi connectivity index (χ4v) is 7.70. The Balaban J connectivity index is 2.24. The van der Waals surface area contributed by atoms with E-state index in [2.05, 4.69) is 43.5 Å². The summed E-state index contributed by atoms with van der Waals surface area (Å²) in [5, 5.41) is 54.1. The third-order valence-electron chi connectivity index (χ3n) is 11.7. The quantitative estimate of drug-likeness (QED) is 0.0263. The summed E-state index contributed by atoms with van der Waals surface area (Å²) in [4.78, 5) is 13.0. The Morgan fingerprint density at radius 2 is 0.966 bits per heavy atom. The molecule has 1 aliphatic heterocycles. The molecule has 1 saturated heterocycles. The smallest absolute Gasteiger partial charge is 0.220 e. The van der Waals surface area contributed by atoms with Gasteiger partial charge in [0.2, 0.25) is 5.91 Å². The van der Waals surface area contributed by atoms with E-state index in [-0.39, 0.29) is 12.5 Å². The molecule has 0 bridgehead atoms. The van der Waals surface area contributed by atoms with Gasteiger partial charge in [-0.05, 0) is 38.5 Å². The highest BCUT2D eigenvalue weighted by molar-refractivity contribution is 5.76. The number of amides is 1. The topological polar surface area (TPSA) is 149 Å². The van der Waals surface area contributed by atoms with Crippen molar-refractivity contribution in [2.45, 2.75) is 262 Å². The van der Waals surface area contributed by atoms with E-state index >= 15 is 0 Å². The number of hydrogen-bond acceptors (Lipinski definition) is 8. The predicted octanol–water partition coefficient (Wildman–Crippen LogP) is 10.8. The molecule has 1 heterocycles. The first-order chi connectivity index (χ1) is 28.8. The fourth-order valence-electron chi connectivity index (χ4n) is 7.70. The second kappa shape index (κ2) is 40.5. The Morgan fingerprint density at radius 3 is 1.41 bits per heavy atom. The number of unbranched alkanes of at least 4 members (excludes halogenated alkanes) is 27. The van der Waals surface area contributed by atoms with Crippen molar-refractivity contribution >= 4 is 5.91 Å². The lowest BCUT2D eigenvalue weighted by Gasteiger charge is -2.40. The van der Waals surface area contributed by atoms with Crippen molar-refractivity contribution in [3.63, 3.8) is 0 Å². The minimum atomic E-state index is -1.57. The largest absolute Gasteiger partial charge is 0.394 e. The molecule has 9 heteroatoms. The van der Waals surface area contributed by atoms with Crippen LogP contribution in [0.1, 0.15) is 219 Å². The molecule has 6 N–H and O–H groups in total. The Bertz CT molecular complexity index is 1020. The number of aliphatic hydroxyl groups is 5. The normalized spacial score (nSPS) is 21.0. The van der Waals surface area contributed by atoms with E-state index in [1.165, 1.54) is 148 Å². The van der Waals surface area contributed by atoms with Crippen LogP contribution in [-0.2, 0) is 14.3 Å². The molecule has 7 unspecified atom stereocenters. The summed E-state index contributed by atoms with van der Waals surface area (Å²) in [6, 6.07) is -0.824. The van der Waals surface area contributed by atoms with Crippen LogP contribution in [-0.4, -0.2) is 87.5 Å². The SMILES string of the molecule is CCCC/C=C/CC/C=C/CC/C=C/C(O)C(COC1OC(CO)C(O)C(O)C1O)NC(=O)CCCCCCCCCCCCCCCCCCCCCCCCCC. The molecule has 0 spiro atoms. The molecule has 0 aromatic rings. The first-order valence-electron chi connectivity index (χ1n) is 24.7.